The normalized spacial score (nSPS) is 23.1. The van der Waals surface area contributed by atoms with E-state index < -0.39 is 5.60 Å². The second-order valence-corrected chi connectivity index (χ2v) is 8.42. The largest absolute Gasteiger partial charge is 0.385 e. The molecule has 0 atom stereocenters. The van der Waals surface area contributed by atoms with Crippen molar-refractivity contribution in [3.05, 3.63) is 48.0 Å². The van der Waals surface area contributed by atoms with Gasteiger partial charge >= 0.3 is 0 Å². The van der Waals surface area contributed by atoms with Crippen LogP contribution in [0.4, 0.5) is 0 Å². The van der Waals surface area contributed by atoms with Gasteiger partial charge < -0.3 is 5.11 Å². The number of benzene rings is 2. The molecule has 0 radical (unpaired) electrons. The van der Waals surface area contributed by atoms with Crippen molar-refractivity contribution in [2.24, 2.45) is 10.8 Å². The molecule has 2 aromatic carbocycles. The molecule has 0 amide bonds. The van der Waals surface area contributed by atoms with Crippen molar-refractivity contribution < 1.29 is 5.11 Å². The number of hydrogen-bond acceptors (Lipinski definition) is 1. The van der Waals surface area contributed by atoms with Crippen LogP contribution >= 0.6 is 0 Å². The average molecular weight is 282 g/mol. The SMILES string of the molecule is CC1(C)CC(C)(C)CC(O)(c2cccc3ccccc23)C1. The first kappa shape index (κ1) is 14.6. The van der Waals surface area contributed by atoms with Gasteiger partial charge in [0.05, 0.1) is 5.60 Å². The zero-order valence-electron chi connectivity index (χ0n) is 13.6. The fraction of sp³-hybridized carbons (Fsp3) is 0.500. The maximum atomic E-state index is 11.5. The summed E-state index contributed by atoms with van der Waals surface area (Å²) in [5.41, 5.74) is 0.689. The fourth-order valence-electron chi connectivity index (χ4n) is 4.89. The van der Waals surface area contributed by atoms with Crippen molar-refractivity contribution in [1.82, 2.24) is 0 Å². The summed E-state index contributed by atoms with van der Waals surface area (Å²) in [6.45, 7) is 9.13. The monoisotopic (exact) mass is 282 g/mol. The molecule has 1 aliphatic rings. The molecule has 3 rings (SSSR count). The fourth-order valence-corrected chi connectivity index (χ4v) is 4.89. The van der Waals surface area contributed by atoms with Crippen LogP contribution in [0.2, 0.25) is 0 Å². The maximum absolute atomic E-state index is 11.5. The van der Waals surface area contributed by atoms with Gasteiger partial charge in [0.2, 0.25) is 0 Å². The van der Waals surface area contributed by atoms with E-state index in [0.717, 1.165) is 24.8 Å². The van der Waals surface area contributed by atoms with Gasteiger partial charge in [-0.15, -0.1) is 0 Å². The zero-order chi connectivity index (χ0) is 15.3. The Labute approximate surface area is 128 Å². The van der Waals surface area contributed by atoms with Gasteiger partial charge in [0.15, 0.2) is 0 Å². The second kappa shape index (κ2) is 4.58. The Morgan fingerprint density at radius 2 is 1.33 bits per heavy atom. The summed E-state index contributed by atoms with van der Waals surface area (Å²) >= 11 is 0. The minimum Gasteiger partial charge on any atom is -0.385 e. The molecular formula is C20H26O. The highest BCUT2D eigenvalue weighted by molar-refractivity contribution is 5.86. The minimum absolute atomic E-state index is 0.160. The molecule has 0 unspecified atom stereocenters. The highest BCUT2D eigenvalue weighted by atomic mass is 16.3. The van der Waals surface area contributed by atoms with Gasteiger partial charge in [0.1, 0.15) is 0 Å². The Bertz CT molecular complexity index is 645. The number of rotatable bonds is 1. The molecule has 1 fully saturated rings. The third-order valence-corrected chi connectivity index (χ3v) is 4.79. The third-order valence-electron chi connectivity index (χ3n) is 4.79. The van der Waals surface area contributed by atoms with Gasteiger partial charge in [-0.05, 0) is 46.4 Å². The van der Waals surface area contributed by atoms with Crippen LogP contribution in [0.25, 0.3) is 10.8 Å². The molecule has 112 valence electrons. The predicted molar refractivity (Wildman–Crippen MR) is 89.3 cm³/mol. The van der Waals surface area contributed by atoms with Gasteiger partial charge in [-0.25, -0.2) is 0 Å². The van der Waals surface area contributed by atoms with Crippen molar-refractivity contribution in [2.45, 2.75) is 52.6 Å². The Hall–Kier alpha value is -1.34. The zero-order valence-corrected chi connectivity index (χ0v) is 13.6. The molecule has 1 saturated carbocycles. The van der Waals surface area contributed by atoms with Crippen LogP contribution in [0.1, 0.15) is 52.5 Å². The standard InChI is InChI=1S/C20H26O/c1-18(2)12-19(3,4)14-20(21,13-18)17-11-7-9-15-8-5-6-10-16(15)17/h5-11,21H,12-14H2,1-4H3. The van der Waals surface area contributed by atoms with Crippen LogP contribution in [0.5, 0.6) is 0 Å². The van der Waals surface area contributed by atoms with Gasteiger partial charge in [0.25, 0.3) is 0 Å². The molecule has 0 saturated heterocycles. The summed E-state index contributed by atoms with van der Waals surface area (Å²) in [5, 5.41) is 13.9. The molecule has 0 spiro atoms. The van der Waals surface area contributed by atoms with Gasteiger partial charge in [0, 0.05) is 0 Å². The van der Waals surface area contributed by atoms with E-state index in [1.807, 2.05) is 0 Å². The molecule has 0 bridgehead atoms. The van der Waals surface area contributed by atoms with Crippen molar-refractivity contribution >= 4 is 10.8 Å². The van der Waals surface area contributed by atoms with E-state index in [1.165, 1.54) is 10.8 Å². The second-order valence-electron chi connectivity index (χ2n) is 8.42. The third kappa shape index (κ3) is 2.72. The number of aliphatic hydroxyl groups is 1. The first-order valence-electron chi connectivity index (χ1n) is 7.92. The van der Waals surface area contributed by atoms with E-state index in [4.69, 9.17) is 0 Å². The molecule has 2 aromatic rings. The number of hydrogen-bond donors (Lipinski definition) is 1. The topological polar surface area (TPSA) is 20.2 Å². The molecule has 0 aliphatic heterocycles. The minimum atomic E-state index is -0.730. The lowest BCUT2D eigenvalue weighted by Gasteiger charge is -2.50. The molecular weight excluding hydrogens is 256 g/mol. The van der Waals surface area contributed by atoms with E-state index in [-0.39, 0.29) is 10.8 Å². The van der Waals surface area contributed by atoms with Gasteiger partial charge in [-0.2, -0.15) is 0 Å². The van der Waals surface area contributed by atoms with Crippen molar-refractivity contribution in [3.63, 3.8) is 0 Å². The van der Waals surface area contributed by atoms with Crippen LogP contribution in [0.15, 0.2) is 42.5 Å². The van der Waals surface area contributed by atoms with Gasteiger partial charge in [-0.3, -0.25) is 0 Å². The molecule has 1 nitrogen and oxygen atoms in total. The van der Waals surface area contributed by atoms with Crippen LogP contribution in [0, 0.1) is 10.8 Å². The highest BCUT2D eigenvalue weighted by Gasteiger charge is 2.47. The van der Waals surface area contributed by atoms with E-state index >= 15 is 0 Å². The smallest absolute Gasteiger partial charge is 0.0912 e. The number of fused-ring (bicyclic) bond motifs is 1. The van der Waals surface area contributed by atoms with E-state index in [9.17, 15) is 5.11 Å². The maximum Gasteiger partial charge on any atom is 0.0912 e. The summed E-state index contributed by atoms with van der Waals surface area (Å²) in [6.07, 6.45) is 2.82. The molecule has 1 heteroatoms. The molecule has 0 heterocycles. The van der Waals surface area contributed by atoms with E-state index in [0.29, 0.717) is 0 Å². The Morgan fingerprint density at radius 1 is 0.762 bits per heavy atom. The summed E-state index contributed by atoms with van der Waals surface area (Å²) in [7, 11) is 0. The summed E-state index contributed by atoms with van der Waals surface area (Å²) in [4.78, 5) is 0. The van der Waals surface area contributed by atoms with Crippen LogP contribution in [0.3, 0.4) is 0 Å². The Balaban J connectivity index is 2.16. The molecule has 1 aliphatic carbocycles. The highest BCUT2D eigenvalue weighted by Crippen LogP contribution is 2.54. The predicted octanol–water partition coefficient (Wildman–Crippen LogP) is 5.26. The van der Waals surface area contributed by atoms with Gasteiger partial charge in [-0.1, -0.05) is 70.2 Å². The molecule has 0 aromatic heterocycles. The van der Waals surface area contributed by atoms with E-state index in [1.54, 1.807) is 0 Å². The Kier molecular flexibility index (Phi) is 3.18. The lowest BCUT2D eigenvalue weighted by molar-refractivity contribution is -0.0903. The van der Waals surface area contributed by atoms with Crippen molar-refractivity contribution in [1.29, 1.82) is 0 Å². The average Bonchev–Trinajstić information content (AvgIpc) is 2.33. The summed E-state index contributed by atoms with van der Waals surface area (Å²) < 4.78 is 0. The van der Waals surface area contributed by atoms with Crippen molar-refractivity contribution in [2.75, 3.05) is 0 Å². The first-order chi connectivity index (χ1) is 9.71. The Morgan fingerprint density at radius 3 is 2.00 bits per heavy atom. The molecule has 21 heavy (non-hydrogen) atoms. The lowest BCUT2D eigenvalue weighted by atomic mass is 9.58. The molecule has 1 N–H and O–H groups in total. The van der Waals surface area contributed by atoms with Crippen molar-refractivity contribution in [3.8, 4) is 0 Å². The van der Waals surface area contributed by atoms with E-state index in [2.05, 4.69) is 70.2 Å². The quantitative estimate of drug-likeness (QED) is 0.756. The summed E-state index contributed by atoms with van der Waals surface area (Å²) in [5.74, 6) is 0. The van der Waals surface area contributed by atoms with Crippen LogP contribution in [-0.2, 0) is 5.60 Å². The first-order valence-corrected chi connectivity index (χ1v) is 7.92. The summed E-state index contributed by atoms with van der Waals surface area (Å²) in [6, 6.07) is 14.7. The van der Waals surface area contributed by atoms with Crippen LogP contribution in [-0.4, -0.2) is 5.11 Å². The lowest BCUT2D eigenvalue weighted by Crippen LogP contribution is -2.44. The van der Waals surface area contributed by atoms with Crippen LogP contribution < -0.4 is 0 Å².